The third-order valence-electron chi connectivity index (χ3n) is 4.10. The molecular formula is C22H19ClN2O5. The van der Waals surface area contributed by atoms with E-state index < -0.39 is 12.1 Å². The number of benzene rings is 2. The van der Waals surface area contributed by atoms with Crippen LogP contribution in [-0.2, 0) is 11.3 Å². The standard InChI is InChI=1S/C22H19ClN2O5/c23-18-12-17(21(26)27)13-20(14-18)29-11-10-25(19-6-8-24-9-7-19)22(28)30-15-16-4-2-1-3-5-16/h1-9,12-14H,10-11,15H2,(H,26,27). The van der Waals surface area contributed by atoms with Gasteiger partial charge in [-0.1, -0.05) is 41.9 Å². The van der Waals surface area contributed by atoms with Crippen molar-refractivity contribution in [3.8, 4) is 5.75 Å². The molecule has 3 aromatic rings. The predicted octanol–water partition coefficient (Wildman–Crippen LogP) is 4.66. The molecular weight excluding hydrogens is 408 g/mol. The Bertz CT molecular complexity index is 999. The summed E-state index contributed by atoms with van der Waals surface area (Å²) in [5.74, 6) is -0.808. The molecule has 1 heterocycles. The fourth-order valence-electron chi connectivity index (χ4n) is 2.67. The summed E-state index contributed by atoms with van der Waals surface area (Å²) in [6.45, 7) is 0.410. The highest BCUT2D eigenvalue weighted by atomic mass is 35.5. The molecule has 8 heteroatoms. The topological polar surface area (TPSA) is 89.0 Å². The first-order chi connectivity index (χ1) is 14.5. The number of amides is 1. The van der Waals surface area contributed by atoms with Crippen molar-refractivity contribution >= 4 is 29.4 Å². The van der Waals surface area contributed by atoms with E-state index in [2.05, 4.69) is 4.98 Å². The van der Waals surface area contributed by atoms with Crippen molar-refractivity contribution in [3.63, 3.8) is 0 Å². The number of anilines is 1. The van der Waals surface area contributed by atoms with Gasteiger partial charge in [0.15, 0.2) is 0 Å². The van der Waals surface area contributed by atoms with Crippen LogP contribution in [0.1, 0.15) is 15.9 Å². The quantitative estimate of drug-likeness (QED) is 0.563. The van der Waals surface area contributed by atoms with Gasteiger partial charge in [-0.15, -0.1) is 0 Å². The summed E-state index contributed by atoms with van der Waals surface area (Å²) in [5.41, 5.74) is 1.49. The van der Waals surface area contributed by atoms with Gasteiger partial charge in [0.25, 0.3) is 0 Å². The Morgan fingerprint density at radius 2 is 1.77 bits per heavy atom. The monoisotopic (exact) mass is 426 g/mol. The number of aromatic nitrogens is 1. The Morgan fingerprint density at radius 1 is 1.03 bits per heavy atom. The number of carboxylic acid groups (broad SMARTS) is 1. The van der Waals surface area contributed by atoms with E-state index in [-0.39, 0.29) is 30.3 Å². The number of carbonyl (C=O) groups is 2. The van der Waals surface area contributed by atoms with Crippen LogP contribution in [-0.4, -0.2) is 35.3 Å². The lowest BCUT2D eigenvalue weighted by Crippen LogP contribution is -2.35. The number of hydrogen-bond donors (Lipinski definition) is 1. The normalized spacial score (nSPS) is 10.3. The Morgan fingerprint density at radius 3 is 2.47 bits per heavy atom. The molecule has 1 amide bonds. The van der Waals surface area contributed by atoms with Crippen LogP contribution in [0.3, 0.4) is 0 Å². The Labute approximate surface area is 178 Å². The van der Waals surface area contributed by atoms with E-state index in [1.165, 1.54) is 23.1 Å². The Kier molecular flexibility index (Phi) is 7.24. The van der Waals surface area contributed by atoms with E-state index in [9.17, 15) is 9.59 Å². The molecule has 0 bridgehead atoms. The maximum absolute atomic E-state index is 12.7. The van der Waals surface area contributed by atoms with Crippen molar-refractivity contribution in [2.24, 2.45) is 0 Å². The van der Waals surface area contributed by atoms with Gasteiger partial charge in [-0.25, -0.2) is 9.59 Å². The number of pyridine rings is 1. The van der Waals surface area contributed by atoms with E-state index in [0.29, 0.717) is 11.4 Å². The first kappa shape index (κ1) is 21.1. The van der Waals surface area contributed by atoms with Crippen LogP contribution in [0.15, 0.2) is 73.1 Å². The fourth-order valence-corrected chi connectivity index (χ4v) is 2.90. The van der Waals surface area contributed by atoms with Crippen molar-refractivity contribution in [2.45, 2.75) is 6.61 Å². The molecule has 7 nitrogen and oxygen atoms in total. The van der Waals surface area contributed by atoms with Crippen LogP contribution in [0, 0.1) is 0 Å². The van der Waals surface area contributed by atoms with Crippen LogP contribution in [0.5, 0.6) is 5.75 Å². The lowest BCUT2D eigenvalue weighted by molar-refractivity contribution is 0.0696. The van der Waals surface area contributed by atoms with Gasteiger partial charge in [-0.05, 0) is 35.9 Å². The molecule has 0 spiro atoms. The summed E-state index contributed by atoms with van der Waals surface area (Å²) in [4.78, 5) is 29.2. The van der Waals surface area contributed by atoms with E-state index >= 15 is 0 Å². The minimum absolute atomic E-state index is 0.0192. The first-order valence-electron chi connectivity index (χ1n) is 9.08. The fraction of sp³-hybridized carbons (Fsp3) is 0.136. The van der Waals surface area contributed by atoms with Gasteiger partial charge >= 0.3 is 12.1 Å². The summed E-state index contributed by atoms with van der Waals surface area (Å²) < 4.78 is 11.1. The van der Waals surface area contributed by atoms with Gasteiger partial charge < -0.3 is 14.6 Å². The predicted molar refractivity (Wildman–Crippen MR) is 112 cm³/mol. The third-order valence-corrected chi connectivity index (χ3v) is 4.32. The molecule has 0 aliphatic carbocycles. The maximum atomic E-state index is 12.7. The van der Waals surface area contributed by atoms with Gasteiger partial charge in [-0.3, -0.25) is 9.88 Å². The van der Waals surface area contributed by atoms with Gasteiger partial charge in [0.1, 0.15) is 19.0 Å². The second kappa shape index (κ2) is 10.3. The number of nitrogens with zero attached hydrogens (tertiary/aromatic N) is 2. The molecule has 1 aromatic heterocycles. The summed E-state index contributed by atoms with van der Waals surface area (Å²) in [6.07, 6.45) is 2.61. The first-order valence-corrected chi connectivity index (χ1v) is 9.45. The molecule has 0 atom stereocenters. The maximum Gasteiger partial charge on any atom is 0.414 e. The molecule has 0 saturated heterocycles. The number of ether oxygens (including phenoxy) is 2. The Hall–Kier alpha value is -3.58. The molecule has 2 aromatic carbocycles. The zero-order valence-corrected chi connectivity index (χ0v) is 16.7. The summed E-state index contributed by atoms with van der Waals surface area (Å²) in [5, 5.41) is 9.38. The van der Waals surface area contributed by atoms with Gasteiger partial charge in [0, 0.05) is 17.4 Å². The molecule has 154 valence electrons. The summed E-state index contributed by atoms with van der Waals surface area (Å²) >= 11 is 5.95. The van der Waals surface area contributed by atoms with E-state index in [4.69, 9.17) is 26.2 Å². The van der Waals surface area contributed by atoms with Crippen LogP contribution in [0.2, 0.25) is 5.02 Å². The van der Waals surface area contributed by atoms with Gasteiger partial charge in [0.05, 0.1) is 17.8 Å². The number of carbonyl (C=O) groups excluding carboxylic acids is 1. The smallest absolute Gasteiger partial charge is 0.414 e. The largest absolute Gasteiger partial charge is 0.492 e. The highest BCUT2D eigenvalue weighted by molar-refractivity contribution is 6.31. The zero-order chi connectivity index (χ0) is 21.3. The number of rotatable bonds is 8. The molecule has 0 fully saturated rings. The molecule has 3 rings (SSSR count). The summed E-state index contributed by atoms with van der Waals surface area (Å²) in [6, 6.07) is 17.0. The zero-order valence-electron chi connectivity index (χ0n) is 15.9. The lowest BCUT2D eigenvalue weighted by atomic mass is 10.2. The SMILES string of the molecule is O=C(O)c1cc(Cl)cc(OCCN(C(=O)OCc2ccccc2)c2ccncc2)c1. The van der Waals surface area contributed by atoms with Gasteiger partial charge in [0.2, 0.25) is 0 Å². The van der Waals surface area contributed by atoms with Crippen LogP contribution in [0.25, 0.3) is 0 Å². The van der Waals surface area contributed by atoms with Crippen molar-refractivity contribution in [1.29, 1.82) is 0 Å². The summed E-state index contributed by atoms with van der Waals surface area (Å²) in [7, 11) is 0. The van der Waals surface area contributed by atoms with Gasteiger partial charge in [-0.2, -0.15) is 0 Å². The molecule has 0 unspecified atom stereocenters. The van der Waals surface area contributed by atoms with Crippen molar-refractivity contribution in [3.05, 3.63) is 89.2 Å². The molecule has 30 heavy (non-hydrogen) atoms. The average molecular weight is 427 g/mol. The minimum atomic E-state index is -1.11. The highest BCUT2D eigenvalue weighted by Gasteiger charge is 2.18. The molecule has 0 aliphatic rings. The second-order valence-corrected chi connectivity index (χ2v) is 6.66. The van der Waals surface area contributed by atoms with E-state index in [0.717, 1.165) is 5.56 Å². The van der Waals surface area contributed by atoms with E-state index in [1.54, 1.807) is 24.5 Å². The number of carboxylic acids is 1. The van der Waals surface area contributed by atoms with Crippen molar-refractivity contribution < 1.29 is 24.2 Å². The number of halogens is 1. The molecule has 1 N–H and O–H groups in total. The highest BCUT2D eigenvalue weighted by Crippen LogP contribution is 2.22. The van der Waals surface area contributed by atoms with Crippen molar-refractivity contribution in [1.82, 2.24) is 4.98 Å². The second-order valence-electron chi connectivity index (χ2n) is 6.23. The minimum Gasteiger partial charge on any atom is -0.492 e. The molecule has 0 radical (unpaired) electrons. The average Bonchev–Trinajstić information content (AvgIpc) is 2.76. The van der Waals surface area contributed by atoms with Crippen LogP contribution >= 0.6 is 11.6 Å². The Balaban J connectivity index is 1.66. The third kappa shape index (κ3) is 5.96. The number of aromatic carboxylic acids is 1. The molecule has 0 saturated carbocycles. The number of hydrogen-bond acceptors (Lipinski definition) is 5. The van der Waals surface area contributed by atoms with Crippen molar-refractivity contribution in [2.75, 3.05) is 18.1 Å². The van der Waals surface area contributed by atoms with Crippen LogP contribution in [0.4, 0.5) is 10.5 Å². The lowest BCUT2D eigenvalue weighted by Gasteiger charge is -2.22. The molecule has 0 aliphatic heterocycles. The van der Waals surface area contributed by atoms with E-state index in [1.807, 2.05) is 30.3 Å². The van der Waals surface area contributed by atoms with Crippen LogP contribution < -0.4 is 9.64 Å².